The second-order valence-corrected chi connectivity index (χ2v) is 15.4. The monoisotopic (exact) mass is 714 g/mol. The van der Waals surface area contributed by atoms with E-state index in [-0.39, 0.29) is 40.3 Å². The van der Waals surface area contributed by atoms with Crippen LogP contribution in [-0.4, -0.2) is 28.5 Å². The number of benzene rings is 3. The summed E-state index contributed by atoms with van der Waals surface area (Å²) < 4.78 is 52.2. The van der Waals surface area contributed by atoms with Crippen LogP contribution >= 0.6 is 0 Å². The molecule has 1 aliphatic heterocycles. The van der Waals surface area contributed by atoms with Gasteiger partial charge in [0.25, 0.3) is 0 Å². The van der Waals surface area contributed by atoms with Crippen LogP contribution in [0.4, 0.5) is 18.9 Å². The average Bonchev–Trinajstić information content (AvgIpc) is 3.05. The van der Waals surface area contributed by atoms with Gasteiger partial charge in [0.05, 0.1) is 17.6 Å². The van der Waals surface area contributed by atoms with Crippen molar-refractivity contribution in [2.24, 2.45) is 10.8 Å². The first-order valence-corrected chi connectivity index (χ1v) is 17.1. The van der Waals surface area contributed by atoms with E-state index in [0.717, 1.165) is 23.0 Å². The maximum absolute atomic E-state index is 14.4. The normalized spacial score (nSPS) is 18.6. The minimum Gasteiger partial charge on any atom is -0.493 e. The molecule has 0 saturated carbocycles. The molecule has 0 saturated heterocycles. The van der Waals surface area contributed by atoms with Gasteiger partial charge in [-0.15, -0.1) is 6.58 Å². The highest BCUT2D eigenvalue weighted by Gasteiger charge is 2.49. The fourth-order valence-electron chi connectivity index (χ4n) is 7.80. The van der Waals surface area contributed by atoms with Gasteiger partial charge in [0.15, 0.2) is 23.1 Å². The Bertz CT molecular complexity index is 1990. The summed E-state index contributed by atoms with van der Waals surface area (Å²) in [5.74, 6) is -1.06. The first kappa shape index (κ1) is 36.6. The molecule has 6 rings (SSSR count). The number of rotatable bonds is 9. The Kier molecular flexibility index (Phi) is 9.44. The number of nitro groups is 1. The second-order valence-electron chi connectivity index (χ2n) is 15.4. The number of alkyl halides is 3. The molecule has 0 atom stereocenters. The quantitative estimate of drug-likeness (QED) is 0.124. The molecular formula is C41H41F3N2O6. The van der Waals surface area contributed by atoms with E-state index in [0.29, 0.717) is 66.6 Å². The topological polar surface area (TPSA) is 99.0 Å². The van der Waals surface area contributed by atoms with E-state index >= 15 is 0 Å². The highest BCUT2D eigenvalue weighted by Crippen LogP contribution is 2.56. The Balaban J connectivity index is 1.56. The van der Waals surface area contributed by atoms with Crippen molar-refractivity contribution in [3.8, 4) is 17.2 Å². The van der Waals surface area contributed by atoms with E-state index in [2.05, 4.69) is 39.2 Å². The minimum absolute atomic E-state index is 0.0473. The van der Waals surface area contributed by atoms with Gasteiger partial charge < -0.3 is 14.4 Å². The molecule has 0 unspecified atom stereocenters. The van der Waals surface area contributed by atoms with Crippen LogP contribution in [0, 0.1) is 20.9 Å². The molecule has 0 N–H and O–H groups in total. The fraction of sp³-hybridized carbons (Fsp3) is 0.366. The number of halogens is 3. The minimum atomic E-state index is -4.80. The molecule has 11 heteroatoms. The van der Waals surface area contributed by atoms with Crippen molar-refractivity contribution in [2.45, 2.75) is 78.4 Å². The predicted octanol–water partition coefficient (Wildman–Crippen LogP) is 10.0. The van der Waals surface area contributed by atoms with Gasteiger partial charge in [-0.05, 0) is 59.4 Å². The maximum Gasteiger partial charge on any atom is 0.416 e. The van der Waals surface area contributed by atoms with E-state index < -0.39 is 34.0 Å². The SMILES string of the molecule is C=CCc1cc(C2C3=C(CC(C)(C)CC3=O)N(Cc3ccccc3)C3=C2C(=O)CC(C)(C)C3)cc(OC)c1Oc1ccc(C(F)(F)F)cc1[N+](=O)[O-]. The molecule has 272 valence electrons. The smallest absolute Gasteiger partial charge is 0.416 e. The van der Waals surface area contributed by atoms with E-state index in [1.54, 1.807) is 18.2 Å². The Morgan fingerprint density at radius 2 is 1.50 bits per heavy atom. The van der Waals surface area contributed by atoms with Gasteiger partial charge in [-0.3, -0.25) is 19.7 Å². The van der Waals surface area contributed by atoms with Gasteiger partial charge in [-0.2, -0.15) is 13.2 Å². The van der Waals surface area contributed by atoms with Crippen molar-refractivity contribution in [1.82, 2.24) is 4.90 Å². The summed E-state index contributed by atoms with van der Waals surface area (Å²) in [6, 6.07) is 15.4. The fourth-order valence-corrected chi connectivity index (χ4v) is 7.80. The molecular weight excluding hydrogens is 673 g/mol. The van der Waals surface area contributed by atoms with Gasteiger partial charge in [0.2, 0.25) is 5.75 Å². The number of carbonyl (C=O) groups excluding carboxylic acids is 2. The third kappa shape index (κ3) is 7.00. The van der Waals surface area contributed by atoms with Crippen molar-refractivity contribution in [3.63, 3.8) is 0 Å². The largest absolute Gasteiger partial charge is 0.493 e. The summed E-state index contributed by atoms with van der Waals surface area (Å²) in [6.45, 7) is 12.6. The number of carbonyl (C=O) groups is 2. The lowest BCUT2D eigenvalue weighted by molar-refractivity contribution is -0.385. The van der Waals surface area contributed by atoms with Gasteiger partial charge >= 0.3 is 11.9 Å². The lowest BCUT2D eigenvalue weighted by Crippen LogP contribution is -2.44. The van der Waals surface area contributed by atoms with Crippen molar-refractivity contribution >= 4 is 17.3 Å². The molecule has 3 aliphatic rings. The van der Waals surface area contributed by atoms with Crippen LogP contribution in [0.2, 0.25) is 0 Å². The Hall–Kier alpha value is -5.19. The molecule has 3 aromatic rings. The molecule has 0 aromatic heterocycles. The van der Waals surface area contributed by atoms with Crippen molar-refractivity contribution < 1.29 is 37.2 Å². The number of hydrogen-bond acceptors (Lipinski definition) is 7. The summed E-state index contributed by atoms with van der Waals surface area (Å²) in [6.07, 6.45) is -1.23. The number of Topliss-reactive ketones (excluding diaryl/α,β-unsaturated/α-hetero) is 2. The third-order valence-electron chi connectivity index (χ3n) is 9.97. The van der Waals surface area contributed by atoms with Crippen molar-refractivity contribution in [1.29, 1.82) is 0 Å². The van der Waals surface area contributed by atoms with Crippen LogP contribution < -0.4 is 9.47 Å². The van der Waals surface area contributed by atoms with Crippen LogP contribution in [0.1, 0.15) is 81.5 Å². The standard InChI is InChI=1S/C41H41F3N2O6/c1-7-11-25-16-26(17-34(51-6)38(25)52-33-15-14-27(41(42,43)44)18-28(33)46(49)50)35-36-29(19-39(2,3)21-31(36)47)45(23-24-12-9-8-10-13-24)30-20-40(4,5)22-32(48)37(30)35/h7-10,12-18,35H,1,11,19-23H2,2-6H3. The number of nitrogens with zero attached hydrogens (tertiary/aromatic N) is 2. The number of hydrogen-bond donors (Lipinski definition) is 0. The van der Waals surface area contributed by atoms with Gasteiger partial charge in [-0.1, -0.05) is 70.2 Å². The number of methoxy groups -OCH3 is 1. The summed E-state index contributed by atoms with van der Waals surface area (Å²) >= 11 is 0. The lowest BCUT2D eigenvalue weighted by Gasteiger charge is -2.49. The van der Waals surface area contributed by atoms with Crippen LogP contribution in [0.5, 0.6) is 17.2 Å². The van der Waals surface area contributed by atoms with Crippen molar-refractivity contribution in [2.75, 3.05) is 7.11 Å². The molecule has 0 fully saturated rings. The number of ether oxygens (including phenoxy) is 2. The van der Waals surface area contributed by atoms with E-state index in [1.807, 2.05) is 30.3 Å². The molecule has 1 heterocycles. The molecule has 0 spiro atoms. The Labute approximate surface area is 300 Å². The predicted molar refractivity (Wildman–Crippen MR) is 190 cm³/mol. The summed E-state index contributed by atoms with van der Waals surface area (Å²) in [7, 11) is 1.38. The average molecular weight is 715 g/mol. The number of nitro benzene ring substituents is 1. The van der Waals surface area contributed by atoms with Crippen LogP contribution in [0.3, 0.4) is 0 Å². The first-order chi connectivity index (χ1) is 24.4. The highest BCUT2D eigenvalue weighted by molar-refractivity contribution is 6.07. The zero-order valence-corrected chi connectivity index (χ0v) is 29.9. The Morgan fingerprint density at radius 1 is 0.904 bits per heavy atom. The molecule has 2 aliphatic carbocycles. The first-order valence-electron chi connectivity index (χ1n) is 17.1. The van der Waals surface area contributed by atoms with Crippen molar-refractivity contribution in [3.05, 3.63) is 128 Å². The summed E-state index contributed by atoms with van der Waals surface area (Å²) in [4.78, 5) is 41.9. The van der Waals surface area contributed by atoms with Gasteiger partial charge in [0, 0.05) is 59.5 Å². The molecule has 0 amide bonds. The van der Waals surface area contributed by atoms with Gasteiger partial charge in [-0.25, -0.2) is 0 Å². The lowest BCUT2D eigenvalue weighted by atomic mass is 9.63. The molecule has 8 nitrogen and oxygen atoms in total. The van der Waals surface area contributed by atoms with E-state index in [1.165, 1.54) is 7.11 Å². The molecule has 52 heavy (non-hydrogen) atoms. The Morgan fingerprint density at radius 3 is 2.02 bits per heavy atom. The molecule has 3 aromatic carbocycles. The van der Waals surface area contributed by atoms with E-state index in [9.17, 15) is 32.9 Å². The molecule has 0 radical (unpaired) electrons. The summed E-state index contributed by atoms with van der Waals surface area (Å²) in [5.41, 5.74) is 2.25. The highest BCUT2D eigenvalue weighted by atomic mass is 19.4. The van der Waals surface area contributed by atoms with Crippen LogP contribution in [0.25, 0.3) is 0 Å². The molecule has 0 bridgehead atoms. The van der Waals surface area contributed by atoms with Gasteiger partial charge in [0.1, 0.15) is 0 Å². The van der Waals surface area contributed by atoms with Crippen LogP contribution in [-0.2, 0) is 28.7 Å². The zero-order chi connectivity index (χ0) is 37.7. The van der Waals surface area contributed by atoms with Crippen LogP contribution in [0.15, 0.2) is 95.9 Å². The number of ketones is 2. The second kappa shape index (κ2) is 13.4. The maximum atomic E-state index is 14.4. The summed E-state index contributed by atoms with van der Waals surface area (Å²) in [5, 5.41) is 11.9. The van der Waals surface area contributed by atoms with E-state index in [4.69, 9.17) is 9.47 Å². The number of allylic oxidation sites excluding steroid dienone is 5. The zero-order valence-electron chi connectivity index (χ0n) is 29.9. The third-order valence-corrected chi connectivity index (χ3v) is 9.97.